The van der Waals surface area contributed by atoms with Gasteiger partial charge in [0.25, 0.3) is 0 Å². The number of hydrogen-bond donors (Lipinski definition) is 0. The Balaban J connectivity index is 1.45. The quantitative estimate of drug-likeness (QED) is 0.0870. The van der Waals surface area contributed by atoms with Gasteiger partial charge in [0.15, 0.2) is 23.9 Å². The van der Waals surface area contributed by atoms with Gasteiger partial charge in [0, 0.05) is 18.4 Å². The van der Waals surface area contributed by atoms with Crippen molar-refractivity contribution in [3.05, 3.63) is 57.6 Å². The Kier molecular flexibility index (Phi) is 15.8. The van der Waals surface area contributed by atoms with Crippen LogP contribution in [0.3, 0.4) is 0 Å². The molecule has 6 nitrogen and oxygen atoms in total. The number of fused-ring (bicyclic) bond motifs is 5. The highest BCUT2D eigenvalue weighted by atomic mass is 16.7. The van der Waals surface area contributed by atoms with E-state index in [2.05, 4.69) is 143 Å². The third kappa shape index (κ3) is 10.2. The predicted octanol–water partition coefficient (Wildman–Crippen LogP) is 13.0. The molecule has 3 unspecified atom stereocenters. The summed E-state index contributed by atoms with van der Waals surface area (Å²) in [6.07, 6.45) is 23.3. The minimum absolute atomic E-state index is 0.0320. The molecule has 63 heavy (non-hydrogen) atoms. The van der Waals surface area contributed by atoms with Crippen LogP contribution < -0.4 is 9.47 Å². The van der Waals surface area contributed by atoms with Gasteiger partial charge >= 0.3 is 6.03 Å². The van der Waals surface area contributed by atoms with Crippen LogP contribution >= 0.6 is 0 Å². The van der Waals surface area contributed by atoms with E-state index in [1.54, 1.807) is 0 Å². The molecule has 1 saturated carbocycles. The Hall–Kier alpha value is -2.70. The van der Waals surface area contributed by atoms with E-state index in [0.717, 1.165) is 30.8 Å². The lowest BCUT2D eigenvalue weighted by Gasteiger charge is -2.41. The van der Waals surface area contributed by atoms with E-state index >= 15 is 0 Å². The van der Waals surface area contributed by atoms with E-state index < -0.39 is 6.03 Å². The molecule has 1 spiro atoms. The maximum Gasteiger partial charge on any atom is 0.704 e. The summed E-state index contributed by atoms with van der Waals surface area (Å²) in [5.74, 6) is 2.01. The predicted molar refractivity (Wildman–Crippen MR) is 268 cm³/mol. The Bertz CT molecular complexity index is 1860. The number of ether oxygens (including phenoxy) is 2. The fourth-order valence-electron chi connectivity index (χ4n) is 13.1. The lowest BCUT2D eigenvalue weighted by molar-refractivity contribution is -0.928. The normalized spacial score (nSPS) is 21.0. The van der Waals surface area contributed by atoms with Crippen molar-refractivity contribution in [2.45, 2.75) is 228 Å². The minimum Gasteiger partial charge on any atom is -0.340 e. The molecule has 1 saturated heterocycles. The van der Waals surface area contributed by atoms with Crippen LogP contribution in [0.5, 0.6) is 11.5 Å². The molecule has 0 aromatic heterocycles. The van der Waals surface area contributed by atoms with Crippen LogP contribution in [0.2, 0.25) is 0 Å². The number of aryl methyl sites for hydroxylation is 1. The maximum atomic E-state index is 7.63. The first-order chi connectivity index (χ1) is 29.9. The van der Waals surface area contributed by atoms with Gasteiger partial charge in [-0.05, 0) is 129 Å². The van der Waals surface area contributed by atoms with Gasteiger partial charge in [-0.25, -0.2) is 0 Å². The summed E-state index contributed by atoms with van der Waals surface area (Å²) in [5, 5.41) is 0. The summed E-state index contributed by atoms with van der Waals surface area (Å²) in [4.78, 5) is 0. The van der Waals surface area contributed by atoms with Crippen molar-refractivity contribution in [3.63, 3.8) is 0 Å². The van der Waals surface area contributed by atoms with E-state index in [1.807, 2.05) is 0 Å². The molecule has 6 rings (SSSR count). The van der Waals surface area contributed by atoms with Crippen molar-refractivity contribution in [1.82, 2.24) is 0 Å². The van der Waals surface area contributed by atoms with Crippen molar-refractivity contribution in [2.75, 3.05) is 52.4 Å². The Morgan fingerprint density at radius 1 is 0.540 bits per heavy atom. The van der Waals surface area contributed by atoms with Crippen LogP contribution in [0.25, 0.3) is 0 Å². The third-order valence-corrected chi connectivity index (χ3v) is 16.1. The van der Waals surface area contributed by atoms with Gasteiger partial charge in [0.1, 0.15) is 0 Å². The van der Waals surface area contributed by atoms with Crippen molar-refractivity contribution in [1.29, 1.82) is 0 Å². The van der Waals surface area contributed by atoms with E-state index in [0.29, 0.717) is 12.1 Å². The molecule has 2 fully saturated rings. The number of rotatable bonds is 22. The van der Waals surface area contributed by atoms with E-state index in [4.69, 9.17) is 9.47 Å². The van der Waals surface area contributed by atoms with Gasteiger partial charge in [-0.3, -0.25) is 0 Å². The monoisotopic (exact) mass is 869 g/mol. The third-order valence-electron chi connectivity index (χ3n) is 16.1. The molecule has 2 aromatic rings. The molecular formula is C57H96N4O2+4. The largest absolute Gasteiger partial charge is 0.704 e. The molecule has 0 N–H and O–H groups in total. The zero-order valence-electron chi connectivity index (χ0n) is 43.5. The second-order valence-electron chi connectivity index (χ2n) is 23.3. The molecule has 3 heterocycles. The standard InChI is InChI=1S/C57H96N4O2/c1-15-30-60(31-16-2,32-17-3)36-24-28-56(14,29-25-37-61(33-18-4,34-19-5)35-20-6)48-38-44(21-7)52-45(40-48)42-58-50-26-22-23-27-51(50)59-43-46-39-47(54(8,9)10)41-49(55(11,12)13)53(46)63-57(58,59)62-52/h38-43,50-51H,15-37H2,1-14H3/q+4. The molecule has 3 atom stereocenters. The molecular weight excluding hydrogens is 773 g/mol. The summed E-state index contributed by atoms with van der Waals surface area (Å²) in [6, 6.07) is 9.62. The van der Waals surface area contributed by atoms with Crippen LogP contribution in [0.4, 0.5) is 0 Å². The van der Waals surface area contributed by atoms with Crippen molar-refractivity contribution in [2.24, 2.45) is 0 Å². The zero-order chi connectivity index (χ0) is 45.8. The summed E-state index contributed by atoms with van der Waals surface area (Å²) in [5.41, 5.74) is 7.93. The zero-order valence-corrected chi connectivity index (χ0v) is 43.5. The molecule has 2 aromatic carbocycles. The topological polar surface area (TPSA) is 24.5 Å². The molecule has 0 amide bonds. The van der Waals surface area contributed by atoms with Gasteiger partial charge in [0.2, 0.25) is 12.1 Å². The summed E-state index contributed by atoms with van der Waals surface area (Å²) >= 11 is 0. The average molecular weight is 869 g/mol. The SMILES string of the molecule is CCC[N+](CCC)(CCC)CCCC(C)(CCC[N+](CCC)(CCC)CCC)c1cc2c(c(CC)c1)OC13Oc4c(cc(C(C)(C)C)cc4C(C)(C)C)C=[N+]1C1CCCCC1[N+]3=C2. The maximum absolute atomic E-state index is 7.63. The molecule has 352 valence electrons. The Labute approximate surface area is 387 Å². The Morgan fingerprint density at radius 2 is 0.968 bits per heavy atom. The van der Waals surface area contributed by atoms with Crippen LogP contribution in [-0.2, 0) is 22.7 Å². The Morgan fingerprint density at radius 3 is 1.38 bits per heavy atom. The molecule has 1 aliphatic carbocycles. The van der Waals surface area contributed by atoms with Crippen LogP contribution in [0.15, 0.2) is 24.3 Å². The van der Waals surface area contributed by atoms with Crippen molar-refractivity contribution < 1.29 is 27.6 Å². The first kappa shape index (κ1) is 49.7. The van der Waals surface area contributed by atoms with Gasteiger partial charge in [-0.15, -0.1) is 0 Å². The number of benzene rings is 2. The van der Waals surface area contributed by atoms with E-state index in [-0.39, 0.29) is 16.2 Å². The summed E-state index contributed by atoms with van der Waals surface area (Å²) < 4.78 is 22.8. The highest BCUT2D eigenvalue weighted by Gasteiger charge is 2.76. The number of hydrogen-bond acceptors (Lipinski definition) is 2. The summed E-state index contributed by atoms with van der Waals surface area (Å²) in [6.45, 7) is 43.8. The van der Waals surface area contributed by atoms with Gasteiger partial charge in [-0.2, -0.15) is 0 Å². The minimum atomic E-state index is -1.03. The number of nitrogens with zero attached hydrogens (tertiary/aromatic N) is 4. The molecule has 6 heteroatoms. The van der Waals surface area contributed by atoms with Gasteiger partial charge < -0.3 is 18.4 Å². The number of quaternary nitrogens is 2. The highest BCUT2D eigenvalue weighted by Crippen LogP contribution is 2.49. The first-order valence-corrected chi connectivity index (χ1v) is 26.6. The van der Waals surface area contributed by atoms with E-state index in [1.165, 1.54) is 172 Å². The fraction of sp³-hybridized carbons (Fsp3) is 0.754. The smallest absolute Gasteiger partial charge is 0.340 e. The lowest BCUT2D eigenvalue weighted by atomic mass is 9.73. The fourth-order valence-corrected chi connectivity index (χ4v) is 13.1. The van der Waals surface area contributed by atoms with Gasteiger partial charge in [-0.1, -0.05) is 118 Å². The van der Waals surface area contributed by atoms with Crippen LogP contribution in [-0.4, -0.2) is 101 Å². The van der Waals surface area contributed by atoms with E-state index in [9.17, 15) is 0 Å². The van der Waals surface area contributed by atoms with Gasteiger partial charge in [0.05, 0.1) is 63.5 Å². The molecule has 0 radical (unpaired) electrons. The first-order valence-electron chi connectivity index (χ1n) is 26.6. The molecule has 0 bridgehead atoms. The second kappa shape index (κ2) is 20.0. The van der Waals surface area contributed by atoms with Crippen molar-refractivity contribution >= 4 is 12.4 Å². The van der Waals surface area contributed by atoms with Crippen LogP contribution in [0, 0.1) is 0 Å². The van der Waals surface area contributed by atoms with Crippen molar-refractivity contribution in [3.8, 4) is 11.5 Å². The molecule has 4 aliphatic rings. The lowest BCUT2D eigenvalue weighted by Crippen LogP contribution is -2.60. The molecule has 3 aliphatic heterocycles. The van der Waals surface area contributed by atoms with Crippen LogP contribution in [0.1, 0.15) is 220 Å². The second-order valence-corrected chi connectivity index (χ2v) is 23.3. The average Bonchev–Trinajstić information content (AvgIpc) is 3.49. The highest BCUT2D eigenvalue weighted by molar-refractivity contribution is 5.85. The summed E-state index contributed by atoms with van der Waals surface area (Å²) in [7, 11) is 0.